The number of hydrogen-bond acceptors (Lipinski definition) is 6. The quantitative estimate of drug-likeness (QED) is 0.0793. The Morgan fingerprint density at radius 3 is 1.45 bits per heavy atom. The summed E-state index contributed by atoms with van der Waals surface area (Å²) in [7, 11) is 0. The highest BCUT2D eigenvalue weighted by Crippen LogP contribution is 2.22. The van der Waals surface area contributed by atoms with Crippen LogP contribution in [-0.2, 0) is 38.4 Å². The van der Waals surface area contributed by atoms with E-state index in [1.54, 1.807) is 18.6 Å². The number of carboxylic acids is 1. The second-order valence-electron chi connectivity index (χ2n) is 12.0. The maximum Gasteiger partial charge on any atom is 0.326 e. The lowest BCUT2D eigenvalue weighted by Gasteiger charge is -2.24. The number of para-hydroxylation sites is 3. The molecule has 13 heteroatoms. The topological polar surface area (TPSA) is 198 Å². The number of nitrogens with two attached hydrogens (primary N) is 1. The molecular formula is C36H37N7O5S. The van der Waals surface area contributed by atoms with E-state index in [4.69, 9.17) is 5.73 Å². The van der Waals surface area contributed by atoms with E-state index >= 15 is 0 Å². The number of carbonyl (C=O) groups is 4. The molecule has 0 fully saturated rings. The number of rotatable bonds is 14. The molecule has 12 nitrogen and oxygen atoms in total. The van der Waals surface area contributed by atoms with Gasteiger partial charge in [0.05, 0.1) is 6.04 Å². The molecule has 6 rings (SSSR count). The molecule has 3 aromatic carbocycles. The molecule has 3 aromatic heterocycles. The van der Waals surface area contributed by atoms with Crippen molar-refractivity contribution in [1.82, 2.24) is 30.9 Å². The van der Waals surface area contributed by atoms with Crippen LogP contribution in [0.25, 0.3) is 32.7 Å². The molecule has 49 heavy (non-hydrogen) atoms. The molecule has 0 aliphatic carbocycles. The number of thiol groups is 1. The summed E-state index contributed by atoms with van der Waals surface area (Å²) in [4.78, 5) is 62.4. The van der Waals surface area contributed by atoms with Gasteiger partial charge in [0.1, 0.15) is 18.1 Å². The number of hydrogen-bond donors (Lipinski definition) is 9. The number of carboxylic acid groups (broad SMARTS) is 1. The average molecular weight is 680 g/mol. The Morgan fingerprint density at radius 2 is 0.980 bits per heavy atom. The Hall–Kier alpha value is -5.53. The second kappa shape index (κ2) is 14.7. The van der Waals surface area contributed by atoms with E-state index in [0.717, 1.165) is 49.4 Å². The highest BCUT2D eigenvalue weighted by Gasteiger charge is 2.31. The van der Waals surface area contributed by atoms with Crippen molar-refractivity contribution in [3.05, 3.63) is 108 Å². The van der Waals surface area contributed by atoms with E-state index in [-0.39, 0.29) is 25.0 Å². The van der Waals surface area contributed by atoms with Crippen LogP contribution >= 0.6 is 12.6 Å². The predicted octanol–water partition coefficient (Wildman–Crippen LogP) is 2.95. The molecule has 0 saturated heterocycles. The number of aromatic amines is 3. The lowest BCUT2D eigenvalue weighted by Crippen LogP contribution is -2.58. The highest BCUT2D eigenvalue weighted by atomic mass is 32.1. The number of benzene rings is 3. The fraction of sp³-hybridized carbons (Fsp3) is 0.222. The van der Waals surface area contributed by atoms with Gasteiger partial charge in [0.25, 0.3) is 0 Å². The second-order valence-corrected chi connectivity index (χ2v) is 12.4. The molecule has 3 amide bonds. The number of aromatic nitrogens is 3. The molecule has 0 spiro atoms. The van der Waals surface area contributed by atoms with E-state index in [2.05, 4.69) is 43.5 Å². The monoisotopic (exact) mass is 679 g/mol. The van der Waals surface area contributed by atoms with Crippen LogP contribution in [-0.4, -0.2) is 73.7 Å². The number of H-pyrrole nitrogens is 3. The summed E-state index contributed by atoms with van der Waals surface area (Å²) >= 11 is 4.30. The zero-order valence-electron chi connectivity index (χ0n) is 26.4. The molecule has 0 saturated carbocycles. The molecule has 0 bridgehead atoms. The van der Waals surface area contributed by atoms with Crippen molar-refractivity contribution < 1.29 is 24.3 Å². The normalized spacial score (nSPS) is 13.9. The number of nitrogens with one attached hydrogen (secondary N) is 6. The lowest BCUT2D eigenvalue weighted by molar-refractivity contribution is -0.142. The maximum atomic E-state index is 13.8. The maximum absolute atomic E-state index is 13.8. The van der Waals surface area contributed by atoms with Crippen LogP contribution < -0.4 is 21.7 Å². The Balaban J connectivity index is 1.18. The summed E-state index contributed by atoms with van der Waals surface area (Å²) in [5.74, 6) is -3.20. The number of aliphatic carboxylic acids is 1. The SMILES string of the molecule is NC(Cc1c[nH]c2ccccc12)C(=O)NC(CS)C(=O)NC(Cc1c[nH]c2ccccc12)C(=O)NC(Cc1c[nH]c2ccccc12)C(=O)O. The van der Waals surface area contributed by atoms with E-state index < -0.39 is 47.9 Å². The third kappa shape index (κ3) is 7.47. The van der Waals surface area contributed by atoms with Crippen molar-refractivity contribution in [2.45, 2.75) is 43.4 Å². The van der Waals surface area contributed by atoms with E-state index in [9.17, 15) is 24.3 Å². The van der Waals surface area contributed by atoms with E-state index in [1.807, 2.05) is 72.8 Å². The molecule has 0 radical (unpaired) electrons. The van der Waals surface area contributed by atoms with Crippen LogP contribution in [0.1, 0.15) is 16.7 Å². The van der Waals surface area contributed by atoms with Crippen molar-refractivity contribution in [3.8, 4) is 0 Å². The summed E-state index contributed by atoms with van der Waals surface area (Å²) in [6, 6.07) is 18.1. The first-order valence-electron chi connectivity index (χ1n) is 15.9. The van der Waals surface area contributed by atoms with Crippen LogP contribution in [0.2, 0.25) is 0 Å². The minimum absolute atomic E-state index is 0.0163. The van der Waals surface area contributed by atoms with Gasteiger partial charge in [-0.05, 0) is 41.3 Å². The Labute approximate surface area is 286 Å². The first-order chi connectivity index (χ1) is 23.7. The zero-order valence-corrected chi connectivity index (χ0v) is 27.3. The summed E-state index contributed by atoms with van der Waals surface area (Å²) in [5, 5.41) is 20.8. The van der Waals surface area contributed by atoms with Gasteiger partial charge >= 0.3 is 5.97 Å². The Kier molecular flexibility index (Phi) is 10.0. The van der Waals surface area contributed by atoms with Crippen LogP contribution in [0.4, 0.5) is 0 Å². The molecule has 6 aromatic rings. The lowest BCUT2D eigenvalue weighted by atomic mass is 10.0. The highest BCUT2D eigenvalue weighted by molar-refractivity contribution is 7.80. The van der Waals surface area contributed by atoms with Gasteiger partial charge in [-0.1, -0.05) is 54.6 Å². The minimum atomic E-state index is -1.28. The largest absolute Gasteiger partial charge is 0.480 e. The molecule has 4 atom stereocenters. The van der Waals surface area contributed by atoms with Crippen molar-refractivity contribution in [3.63, 3.8) is 0 Å². The smallest absolute Gasteiger partial charge is 0.326 e. The Morgan fingerprint density at radius 1 is 0.592 bits per heavy atom. The zero-order chi connectivity index (χ0) is 34.5. The van der Waals surface area contributed by atoms with Crippen LogP contribution in [0.5, 0.6) is 0 Å². The van der Waals surface area contributed by atoms with Crippen molar-refractivity contribution >= 4 is 69.0 Å². The fourth-order valence-corrected chi connectivity index (χ4v) is 6.35. The van der Waals surface area contributed by atoms with Gasteiger partial charge in [-0.15, -0.1) is 0 Å². The molecular weight excluding hydrogens is 643 g/mol. The molecule has 252 valence electrons. The third-order valence-electron chi connectivity index (χ3n) is 8.71. The van der Waals surface area contributed by atoms with Crippen LogP contribution in [0.15, 0.2) is 91.4 Å². The van der Waals surface area contributed by atoms with Crippen molar-refractivity contribution in [2.24, 2.45) is 5.73 Å². The van der Waals surface area contributed by atoms with E-state index in [1.165, 1.54) is 0 Å². The van der Waals surface area contributed by atoms with Crippen LogP contribution in [0.3, 0.4) is 0 Å². The predicted molar refractivity (Wildman–Crippen MR) is 191 cm³/mol. The molecule has 0 aliphatic heterocycles. The van der Waals surface area contributed by atoms with E-state index in [0.29, 0.717) is 0 Å². The van der Waals surface area contributed by atoms with Gasteiger partial charge in [0.15, 0.2) is 0 Å². The molecule has 9 N–H and O–H groups in total. The summed E-state index contributed by atoms with van der Waals surface area (Å²) in [6.07, 6.45) is 5.57. The number of carbonyl (C=O) groups excluding carboxylic acids is 3. The summed E-state index contributed by atoms with van der Waals surface area (Å²) < 4.78 is 0. The van der Waals surface area contributed by atoms with Gasteiger partial charge in [0.2, 0.25) is 17.7 Å². The van der Waals surface area contributed by atoms with Gasteiger partial charge in [-0.2, -0.15) is 12.6 Å². The number of fused-ring (bicyclic) bond motifs is 3. The number of amides is 3. The van der Waals surface area contributed by atoms with Gasteiger partial charge in [-0.3, -0.25) is 14.4 Å². The summed E-state index contributed by atoms with van der Waals surface area (Å²) in [6.45, 7) is 0. The Bertz CT molecular complexity index is 2140. The van der Waals surface area contributed by atoms with Gasteiger partial charge in [0, 0.05) is 69.9 Å². The minimum Gasteiger partial charge on any atom is -0.480 e. The molecule has 4 unspecified atom stereocenters. The van der Waals surface area contributed by atoms with Crippen molar-refractivity contribution in [2.75, 3.05) is 5.75 Å². The van der Waals surface area contributed by atoms with Crippen molar-refractivity contribution in [1.29, 1.82) is 0 Å². The standard InChI is InChI=1S/C36H37N7O5S/c37-26(13-20-16-38-27-10-4-1-7-23(20)27)33(44)43-32(19-49)35(46)41-30(14-21-17-39-28-11-5-2-8-24(21)28)34(45)42-31(36(47)48)15-22-18-40-29-12-6-3-9-25(22)29/h1-12,16-18,26,30-32,38-40,49H,13-15,19,37H2,(H,41,46)(H,42,45)(H,43,44)(H,47,48). The third-order valence-corrected chi connectivity index (χ3v) is 9.08. The first-order valence-corrected chi connectivity index (χ1v) is 16.5. The first kappa shape index (κ1) is 33.4. The van der Waals surface area contributed by atoms with Crippen LogP contribution in [0, 0.1) is 0 Å². The molecule has 3 heterocycles. The fourth-order valence-electron chi connectivity index (χ4n) is 6.10. The summed E-state index contributed by atoms with van der Waals surface area (Å²) in [5.41, 5.74) is 11.2. The average Bonchev–Trinajstić information content (AvgIpc) is 3.83. The van der Waals surface area contributed by atoms with Gasteiger partial charge < -0.3 is 41.7 Å². The molecule has 0 aliphatic rings. The van der Waals surface area contributed by atoms with Gasteiger partial charge in [-0.25, -0.2) is 4.79 Å².